The normalized spacial score (nSPS) is 10.5. The van der Waals surface area contributed by atoms with Gasteiger partial charge in [-0.05, 0) is 42.3 Å². The Labute approximate surface area is 135 Å². The molecular formula is C18H18N4O. The van der Waals surface area contributed by atoms with Gasteiger partial charge in [-0.15, -0.1) is 0 Å². The number of nitrogens with one attached hydrogen (secondary N) is 1. The molecule has 23 heavy (non-hydrogen) atoms. The van der Waals surface area contributed by atoms with Crippen LogP contribution in [0.25, 0.3) is 22.4 Å². The van der Waals surface area contributed by atoms with E-state index >= 15 is 0 Å². The Morgan fingerprint density at radius 2 is 1.87 bits per heavy atom. The van der Waals surface area contributed by atoms with Crippen LogP contribution in [0, 0.1) is 0 Å². The minimum Gasteiger partial charge on any atom is -0.355 e. The molecule has 0 atom stereocenters. The second-order valence-corrected chi connectivity index (χ2v) is 5.17. The van der Waals surface area contributed by atoms with Gasteiger partial charge >= 0.3 is 0 Å². The van der Waals surface area contributed by atoms with E-state index in [0.29, 0.717) is 6.54 Å². The van der Waals surface area contributed by atoms with Crippen LogP contribution in [0.4, 0.5) is 0 Å². The van der Waals surface area contributed by atoms with E-state index in [4.69, 9.17) is 0 Å². The molecule has 1 aromatic carbocycles. The van der Waals surface area contributed by atoms with Crippen molar-refractivity contribution in [1.82, 2.24) is 20.1 Å². The number of benzene rings is 1. The molecule has 116 valence electrons. The van der Waals surface area contributed by atoms with E-state index in [-0.39, 0.29) is 12.5 Å². The van der Waals surface area contributed by atoms with Crippen LogP contribution < -0.4 is 5.32 Å². The van der Waals surface area contributed by atoms with Gasteiger partial charge < -0.3 is 5.32 Å². The largest absolute Gasteiger partial charge is 0.355 e. The molecule has 0 aliphatic rings. The zero-order chi connectivity index (χ0) is 16.1. The number of amides is 1. The Balaban J connectivity index is 1.83. The van der Waals surface area contributed by atoms with E-state index in [0.717, 1.165) is 22.4 Å². The maximum atomic E-state index is 11.6. The molecule has 0 radical (unpaired) electrons. The number of hydrogen-bond acceptors (Lipinski definition) is 3. The van der Waals surface area contributed by atoms with E-state index in [9.17, 15) is 4.79 Å². The first kappa shape index (κ1) is 15.0. The van der Waals surface area contributed by atoms with Crippen LogP contribution in [0.2, 0.25) is 0 Å². The summed E-state index contributed by atoms with van der Waals surface area (Å²) in [7, 11) is 0. The number of nitrogens with zero attached hydrogens (tertiary/aromatic N) is 3. The standard InChI is InChI=1S/C18H18N4O/c1-2-20-18(23)13-22-11-8-17(21-22)16-5-3-4-15(12-16)14-6-9-19-10-7-14/h3-12H,2,13H2,1H3,(H,20,23). The highest BCUT2D eigenvalue weighted by molar-refractivity contribution is 5.75. The second-order valence-electron chi connectivity index (χ2n) is 5.17. The highest BCUT2D eigenvalue weighted by Gasteiger charge is 2.07. The topological polar surface area (TPSA) is 59.8 Å². The molecule has 0 spiro atoms. The first-order valence-corrected chi connectivity index (χ1v) is 7.57. The fraction of sp³-hybridized carbons (Fsp3) is 0.167. The van der Waals surface area contributed by atoms with Crippen molar-refractivity contribution in [2.45, 2.75) is 13.5 Å². The van der Waals surface area contributed by atoms with Gasteiger partial charge in [-0.2, -0.15) is 5.10 Å². The molecule has 5 nitrogen and oxygen atoms in total. The monoisotopic (exact) mass is 306 g/mol. The van der Waals surface area contributed by atoms with Crippen LogP contribution in [0.5, 0.6) is 0 Å². The van der Waals surface area contributed by atoms with E-state index in [1.54, 1.807) is 17.1 Å². The minimum absolute atomic E-state index is 0.0345. The number of likely N-dealkylation sites (N-methyl/N-ethyl adjacent to an activating group) is 1. The van der Waals surface area contributed by atoms with Gasteiger partial charge in [0.25, 0.3) is 0 Å². The van der Waals surface area contributed by atoms with E-state index < -0.39 is 0 Å². The first-order chi connectivity index (χ1) is 11.3. The Bertz CT molecular complexity index is 796. The number of aromatic nitrogens is 3. The Hall–Kier alpha value is -2.95. The summed E-state index contributed by atoms with van der Waals surface area (Å²) in [6.45, 7) is 2.76. The van der Waals surface area contributed by atoms with E-state index in [2.05, 4.69) is 27.5 Å². The molecule has 0 saturated heterocycles. The smallest absolute Gasteiger partial charge is 0.241 e. The van der Waals surface area contributed by atoms with Crippen molar-refractivity contribution in [3.05, 3.63) is 61.1 Å². The van der Waals surface area contributed by atoms with Gasteiger partial charge in [0.1, 0.15) is 6.54 Å². The maximum Gasteiger partial charge on any atom is 0.241 e. The highest BCUT2D eigenvalue weighted by Crippen LogP contribution is 2.24. The molecule has 0 fully saturated rings. The zero-order valence-corrected chi connectivity index (χ0v) is 12.9. The lowest BCUT2D eigenvalue weighted by atomic mass is 10.0. The third-order valence-electron chi connectivity index (χ3n) is 3.49. The molecule has 5 heteroatoms. The number of carbonyl (C=O) groups excluding carboxylic acids is 1. The summed E-state index contributed by atoms with van der Waals surface area (Å²) >= 11 is 0. The molecule has 1 N–H and O–H groups in total. The van der Waals surface area contributed by atoms with Crippen molar-refractivity contribution >= 4 is 5.91 Å². The molecule has 2 heterocycles. The molecule has 3 rings (SSSR count). The van der Waals surface area contributed by atoms with Crippen molar-refractivity contribution in [3.8, 4) is 22.4 Å². The third kappa shape index (κ3) is 3.63. The molecule has 0 saturated carbocycles. The zero-order valence-electron chi connectivity index (χ0n) is 12.9. The van der Waals surface area contributed by atoms with Crippen LogP contribution in [-0.4, -0.2) is 27.2 Å². The summed E-state index contributed by atoms with van der Waals surface area (Å²) in [4.78, 5) is 15.7. The Morgan fingerprint density at radius 3 is 2.65 bits per heavy atom. The molecule has 0 bridgehead atoms. The predicted molar refractivity (Wildman–Crippen MR) is 89.6 cm³/mol. The lowest BCUT2D eigenvalue weighted by molar-refractivity contribution is -0.121. The number of carbonyl (C=O) groups is 1. The summed E-state index contributed by atoms with van der Waals surface area (Å²) in [5, 5.41) is 7.25. The van der Waals surface area contributed by atoms with Gasteiger partial charge in [0, 0.05) is 30.7 Å². The first-order valence-electron chi connectivity index (χ1n) is 7.57. The minimum atomic E-state index is -0.0345. The average molecular weight is 306 g/mol. The fourth-order valence-corrected chi connectivity index (χ4v) is 2.41. The van der Waals surface area contributed by atoms with Gasteiger partial charge in [-0.25, -0.2) is 0 Å². The van der Waals surface area contributed by atoms with Gasteiger partial charge in [0.05, 0.1) is 5.69 Å². The lowest BCUT2D eigenvalue weighted by Gasteiger charge is -2.04. The number of hydrogen-bond donors (Lipinski definition) is 1. The van der Waals surface area contributed by atoms with Crippen LogP contribution in [-0.2, 0) is 11.3 Å². The molecular weight excluding hydrogens is 288 g/mol. The van der Waals surface area contributed by atoms with Crippen LogP contribution in [0.15, 0.2) is 61.1 Å². The van der Waals surface area contributed by atoms with Gasteiger partial charge in [-0.1, -0.05) is 18.2 Å². The summed E-state index contributed by atoms with van der Waals surface area (Å²) in [5.41, 5.74) is 4.10. The molecule has 2 aromatic heterocycles. The predicted octanol–water partition coefficient (Wildman–Crippen LogP) is 2.75. The van der Waals surface area contributed by atoms with Crippen molar-refractivity contribution in [3.63, 3.8) is 0 Å². The molecule has 3 aromatic rings. The number of pyridine rings is 1. The SMILES string of the molecule is CCNC(=O)Cn1ccc(-c2cccc(-c3ccncc3)c2)n1. The van der Waals surface area contributed by atoms with E-state index in [1.165, 1.54) is 0 Å². The molecule has 0 aliphatic carbocycles. The van der Waals surface area contributed by atoms with Crippen molar-refractivity contribution < 1.29 is 4.79 Å². The van der Waals surface area contributed by atoms with Crippen molar-refractivity contribution in [1.29, 1.82) is 0 Å². The molecule has 0 unspecified atom stereocenters. The van der Waals surface area contributed by atoms with Crippen LogP contribution in [0.1, 0.15) is 6.92 Å². The Morgan fingerprint density at radius 1 is 1.09 bits per heavy atom. The lowest BCUT2D eigenvalue weighted by Crippen LogP contribution is -2.27. The molecule has 0 aliphatic heterocycles. The van der Waals surface area contributed by atoms with Gasteiger partial charge in [-0.3, -0.25) is 14.5 Å². The van der Waals surface area contributed by atoms with E-state index in [1.807, 2.05) is 43.5 Å². The second kappa shape index (κ2) is 6.87. The maximum absolute atomic E-state index is 11.6. The van der Waals surface area contributed by atoms with Crippen LogP contribution in [0.3, 0.4) is 0 Å². The number of rotatable bonds is 5. The van der Waals surface area contributed by atoms with Crippen molar-refractivity contribution in [2.24, 2.45) is 0 Å². The summed E-state index contributed by atoms with van der Waals surface area (Å²) < 4.78 is 1.65. The summed E-state index contributed by atoms with van der Waals surface area (Å²) in [5.74, 6) is -0.0345. The van der Waals surface area contributed by atoms with Crippen LogP contribution >= 0.6 is 0 Å². The summed E-state index contributed by atoms with van der Waals surface area (Å²) in [6.07, 6.45) is 5.38. The summed E-state index contributed by atoms with van der Waals surface area (Å²) in [6, 6.07) is 14.1. The molecule has 1 amide bonds. The third-order valence-corrected chi connectivity index (χ3v) is 3.49. The quantitative estimate of drug-likeness (QED) is 0.788. The average Bonchev–Trinajstić information content (AvgIpc) is 3.04. The van der Waals surface area contributed by atoms with Gasteiger partial charge in [0.15, 0.2) is 0 Å². The highest BCUT2D eigenvalue weighted by atomic mass is 16.2. The fourth-order valence-electron chi connectivity index (χ4n) is 2.41. The Kier molecular flexibility index (Phi) is 4.47. The van der Waals surface area contributed by atoms with Crippen molar-refractivity contribution in [2.75, 3.05) is 6.54 Å². The van der Waals surface area contributed by atoms with Gasteiger partial charge in [0.2, 0.25) is 5.91 Å².